The Morgan fingerprint density at radius 3 is 2.02 bits per heavy atom. The predicted molar refractivity (Wildman–Crippen MR) is 179 cm³/mol. The Hall–Kier alpha value is -4.58. The Morgan fingerprint density at radius 2 is 1.47 bits per heavy atom. The van der Waals surface area contributed by atoms with Crippen LogP contribution >= 0.6 is 0 Å². The van der Waals surface area contributed by atoms with Crippen LogP contribution < -0.4 is 22.5 Å². The van der Waals surface area contributed by atoms with Gasteiger partial charge in [-0.3, -0.25) is 24.2 Å². The number of amides is 2. The fourth-order valence-corrected chi connectivity index (χ4v) is 5.92. The van der Waals surface area contributed by atoms with Gasteiger partial charge in [0.1, 0.15) is 6.04 Å². The Balaban J connectivity index is 1.81. The van der Waals surface area contributed by atoms with Gasteiger partial charge >= 0.3 is 5.97 Å². The molecule has 3 rings (SSSR count). The SMILES string of the molecule is CC(C)C[C@@H](NC(=O)[C@H](CC(=O)[C@H](N)Cc1ccccc1)Cc1ccccc1)C(=O)C[C@H](CN=C(N)N)C(=O)N1CCC[C@H]1C(=O)O. The number of ketones is 2. The molecule has 5 atom stereocenters. The molecule has 0 aromatic heterocycles. The Labute approximate surface area is 276 Å². The summed E-state index contributed by atoms with van der Waals surface area (Å²) in [6.45, 7) is 3.85. The minimum Gasteiger partial charge on any atom is -0.480 e. The number of hydrogen-bond acceptors (Lipinski definition) is 7. The van der Waals surface area contributed by atoms with Gasteiger partial charge in [-0.25, -0.2) is 4.79 Å². The third kappa shape index (κ3) is 11.6. The number of aliphatic imine (C=N–C) groups is 1. The standard InChI is InChI=1S/C35H48N6O6/c1-22(2)16-28(31(43)20-26(21-39-35(37)38)33(45)41-15-9-14-29(41)34(46)47)40-32(44)25(17-23-10-5-3-6-11-23)19-30(42)27(36)18-24-12-7-4-8-13-24/h3-8,10-13,22,25-29H,9,14-21,36H2,1-2H3,(H,40,44)(H,46,47)(H4,37,38,39)/t25-,26+,27+,28+,29-/m0/s1. The molecule has 1 aliphatic heterocycles. The number of Topliss-reactive ketones (excluding diaryl/α,β-unsaturated/α-hetero) is 2. The number of guanidine groups is 1. The van der Waals surface area contributed by atoms with E-state index in [-0.39, 0.29) is 56.4 Å². The summed E-state index contributed by atoms with van der Waals surface area (Å²) in [5.74, 6) is -4.87. The molecule has 254 valence electrons. The maximum absolute atomic E-state index is 13.9. The van der Waals surface area contributed by atoms with E-state index in [1.807, 2.05) is 74.5 Å². The maximum Gasteiger partial charge on any atom is 0.326 e. The summed E-state index contributed by atoms with van der Waals surface area (Å²) in [6.07, 6.45) is 1.29. The van der Waals surface area contributed by atoms with E-state index in [9.17, 15) is 29.1 Å². The highest BCUT2D eigenvalue weighted by molar-refractivity contribution is 5.95. The van der Waals surface area contributed by atoms with Crippen molar-refractivity contribution in [1.29, 1.82) is 0 Å². The lowest BCUT2D eigenvalue weighted by Crippen LogP contribution is -2.48. The van der Waals surface area contributed by atoms with Crippen LogP contribution in [0.4, 0.5) is 0 Å². The molecule has 1 saturated heterocycles. The second-order valence-corrected chi connectivity index (χ2v) is 12.7. The number of carbonyl (C=O) groups excluding carboxylic acids is 4. The van der Waals surface area contributed by atoms with Crippen molar-refractivity contribution in [1.82, 2.24) is 10.2 Å². The zero-order valence-corrected chi connectivity index (χ0v) is 27.2. The lowest BCUT2D eigenvalue weighted by molar-refractivity contribution is -0.150. The van der Waals surface area contributed by atoms with Crippen molar-refractivity contribution >= 4 is 35.3 Å². The molecular formula is C35H48N6O6. The second kappa shape index (κ2) is 17.9. The molecule has 2 aromatic carbocycles. The van der Waals surface area contributed by atoms with Gasteiger partial charge in [-0.2, -0.15) is 0 Å². The van der Waals surface area contributed by atoms with Crippen LogP contribution in [0.25, 0.3) is 0 Å². The van der Waals surface area contributed by atoms with Crippen LogP contribution in [-0.4, -0.2) is 76.5 Å². The topological polar surface area (TPSA) is 211 Å². The van der Waals surface area contributed by atoms with Crippen LogP contribution in [0, 0.1) is 17.8 Å². The number of nitrogens with zero attached hydrogens (tertiary/aromatic N) is 2. The van der Waals surface area contributed by atoms with Crippen molar-refractivity contribution in [3.05, 3.63) is 71.8 Å². The molecule has 2 aromatic rings. The molecule has 0 bridgehead atoms. The average Bonchev–Trinajstić information content (AvgIpc) is 3.53. The van der Waals surface area contributed by atoms with E-state index in [1.165, 1.54) is 4.90 Å². The van der Waals surface area contributed by atoms with Gasteiger partial charge in [-0.05, 0) is 49.1 Å². The van der Waals surface area contributed by atoms with Crippen molar-refractivity contribution < 1.29 is 29.1 Å². The van der Waals surface area contributed by atoms with Gasteiger partial charge in [0.15, 0.2) is 17.5 Å². The van der Waals surface area contributed by atoms with Gasteiger partial charge in [0, 0.05) is 25.3 Å². The summed E-state index contributed by atoms with van der Waals surface area (Å²) >= 11 is 0. The molecule has 0 spiro atoms. The summed E-state index contributed by atoms with van der Waals surface area (Å²) in [6, 6.07) is 15.9. The fraction of sp³-hybridized carbons (Fsp3) is 0.486. The molecule has 1 heterocycles. The summed E-state index contributed by atoms with van der Waals surface area (Å²) in [7, 11) is 0. The first kappa shape index (κ1) is 36.9. The number of likely N-dealkylation sites (tertiary alicyclic amines) is 1. The number of carboxylic acid groups (broad SMARTS) is 1. The van der Waals surface area contributed by atoms with E-state index in [2.05, 4.69) is 10.3 Å². The van der Waals surface area contributed by atoms with Gasteiger partial charge in [0.25, 0.3) is 0 Å². The lowest BCUT2D eigenvalue weighted by atomic mass is 9.88. The molecule has 0 unspecified atom stereocenters. The first-order valence-corrected chi connectivity index (χ1v) is 16.1. The van der Waals surface area contributed by atoms with Crippen LogP contribution in [0.2, 0.25) is 0 Å². The van der Waals surface area contributed by atoms with Crippen molar-refractivity contribution in [2.75, 3.05) is 13.1 Å². The Morgan fingerprint density at radius 1 is 0.894 bits per heavy atom. The van der Waals surface area contributed by atoms with Crippen molar-refractivity contribution in [2.24, 2.45) is 39.9 Å². The van der Waals surface area contributed by atoms with Gasteiger partial charge in [0.2, 0.25) is 11.8 Å². The summed E-state index contributed by atoms with van der Waals surface area (Å²) in [4.78, 5) is 71.5. The lowest BCUT2D eigenvalue weighted by Gasteiger charge is -2.28. The summed E-state index contributed by atoms with van der Waals surface area (Å²) in [5.41, 5.74) is 19.1. The molecule has 0 radical (unpaired) electrons. The minimum atomic E-state index is -1.12. The van der Waals surface area contributed by atoms with Gasteiger partial charge in [0.05, 0.1) is 24.5 Å². The number of hydrogen-bond donors (Lipinski definition) is 5. The first-order valence-electron chi connectivity index (χ1n) is 16.1. The summed E-state index contributed by atoms with van der Waals surface area (Å²) < 4.78 is 0. The number of rotatable bonds is 18. The number of carboxylic acids is 1. The molecule has 12 nitrogen and oxygen atoms in total. The molecule has 12 heteroatoms. The predicted octanol–water partition coefficient (Wildman–Crippen LogP) is 1.83. The highest BCUT2D eigenvalue weighted by Crippen LogP contribution is 2.23. The van der Waals surface area contributed by atoms with Crippen molar-refractivity contribution in [2.45, 2.75) is 76.9 Å². The normalized spacial score (nSPS) is 16.9. The first-order chi connectivity index (χ1) is 22.3. The highest BCUT2D eigenvalue weighted by atomic mass is 16.4. The van der Waals surface area contributed by atoms with Crippen LogP contribution in [-0.2, 0) is 36.8 Å². The quantitative estimate of drug-likeness (QED) is 0.118. The van der Waals surface area contributed by atoms with Crippen molar-refractivity contribution in [3.8, 4) is 0 Å². The van der Waals surface area contributed by atoms with E-state index in [0.717, 1.165) is 11.1 Å². The molecule has 0 aliphatic carbocycles. The van der Waals surface area contributed by atoms with E-state index in [1.54, 1.807) is 0 Å². The minimum absolute atomic E-state index is 0.000388. The van der Waals surface area contributed by atoms with Crippen LogP contribution in [0.5, 0.6) is 0 Å². The molecule has 2 amide bonds. The van der Waals surface area contributed by atoms with Crippen molar-refractivity contribution in [3.63, 3.8) is 0 Å². The number of aliphatic carboxylic acids is 1. The van der Waals surface area contributed by atoms with E-state index >= 15 is 0 Å². The third-order valence-corrected chi connectivity index (χ3v) is 8.38. The fourth-order valence-electron chi connectivity index (χ4n) is 5.92. The smallest absolute Gasteiger partial charge is 0.326 e. The van der Waals surface area contributed by atoms with E-state index in [0.29, 0.717) is 19.3 Å². The zero-order chi connectivity index (χ0) is 34.5. The second-order valence-electron chi connectivity index (χ2n) is 12.7. The number of nitrogens with one attached hydrogen (secondary N) is 1. The zero-order valence-electron chi connectivity index (χ0n) is 27.2. The number of benzene rings is 2. The summed E-state index contributed by atoms with van der Waals surface area (Å²) in [5, 5.41) is 12.5. The van der Waals surface area contributed by atoms with E-state index in [4.69, 9.17) is 17.2 Å². The van der Waals surface area contributed by atoms with E-state index < -0.39 is 53.5 Å². The molecule has 8 N–H and O–H groups in total. The molecule has 1 fully saturated rings. The van der Waals surface area contributed by atoms with Crippen LogP contribution in [0.3, 0.4) is 0 Å². The highest BCUT2D eigenvalue weighted by Gasteiger charge is 2.39. The van der Waals surface area contributed by atoms with Gasteiger partial charge < -0.3 is 32.5 Å². The average molecular weight is 649 g/mol. The van der Waals surface area contributed by atoms with Crippen LogP contribution in [0.1, 0.15) is 57.1 Å². The largest absolute Gasteiger partial charge is 0.480 e. The monoisotopic (exact) mass is 648 g/mol. The van der Waals surface area contributed by atoms with Crippen LogP contribution in [0.15, 0.2) is 65.7 Å². The molecule has 1 aliphatic rings. The number of carbonyl (C=O) groups is 5. The van der Waals surface area contributed by atoms with Gasteiger partial charge in [-0.15, -0.1) is 0 Å². The van der Waals surface area contributed by atoms with Gasteiger partial charge in [-0.1, -0.05) is 74.5 Å². The maximum atomic E-state index is 13.9. The number of nitrogens with two attached hydrogens (primary N) is 3. The Bertz CT molecular complexity index is 1400. The third-order valence-electron chi connectivity index (χ3n) is 8.38. The molecule has 47 heavy (non-hydrogen) atoms. The molecular weight excluding hydrogens is 600 g/mol. The Kier molecular flexibility index (Phi) is 14.1. The molecule has 0 saturated carbocycles.